The highest BCUT2D eigenvalue weighted by atomic mass is 19.1. The van der Waals surface area contributed by atoms with Gasteiger partial charge in [0, 0.05) is 33.7 Å². The van der Waals surface area contributed by atoms with Crippen LogP contribution in [0, 0.1) is 11.7 Å². The lowest BCUT2D eigenvalue weighted by Crippen LogP contribution is -2.46. The maximum Gasteiger partial charge on any atom is 0.225 e. The van der Waals surface area contributed by atoms with Crippen LogP contribution in [0.5, 0.6) is 0 Å². The second kappa shape index (κ2) is 8.06. The maximum atomic E-state index is 13.2. The molecule has 0 radical (unpaired) electrons. The summed E-state index contributed by atoms with van der Waals surface area (Å²) < 4.78 is 18.1. The number of hydrogen-bond donors (Lipinski definition) is 1. The highest BCUT2D eigenvalue weighted by Crippen LogP contribution is 2.35. The van der Waals surface area contributed by atoms with Crippen molar-refractivity contribution in [1.29, 1.82) is 0 Å². The van der Waals surface area contributed by atoms with Crippen molar-refractivity contribution < 1.29 is 18.7 Å². The van der Waals surface area contributed by atoms with Crippen molar-refractivity contribution >= 4 is 11.8 Å². The monoisotopic (exact) mass is 322 g/mol. The standard InChI is InChI=1S/C17H23FN2O3/c1-20-15(21)9-8-14(17(22)19-10-3-11-23-2)16(20)12-4-6-13(18)7-5-12/h4-7,14,16H,3,8-11H2,1-2H3,(H,19,22)/t14-,16+/m1/s1. The van der Waals surface area contributed by atoms with Gasteiger partial charge in [-0.25, -0.2) is 4.39 Å². The first-order valence-electron chi connectivity index (χ1n) is 7.82. The molecule has 0 aliphatic carbocycles. The van der Waals surface area contributed by atoms with Crippen molar-refractivity contribution in [2.75, 3.05) is 27.3 Å². The number of amides is 2. The number of nitrogens with one attached hydrogen (secondary N) is 1. The maximum absolute atomic E-state index is 13.2. The van der Waals surface area contributed by atoms with E-state index in [1.165, 1.54) is 12.1 Å². The smallest absolute Gasteiger partial charge is 0.225 e. The Bertz CT molecular complexity index is 547. The number of rotatable bonds is 6. The van der Waals surface area contributed by atoms with Crippen LogP contribution >= 0.6 is 0 Å². The minimum atomic E-state index is -0.362. The molecule has 1 aliphatic rings. The Labute approximate surface area is 135 Å². The van der Waals surface area contributed by atoms with E-state index < -0.39 is 0 Å². The van der Waals surface area contributed by atoms with E-state index in [4.69, 9.17) is 4.74 Å². The Morgan fingerprint density at radius 2 is 2.09 bits per heavy atom. The number of likely N-dealkylation sites (tertiary alicyclic amines) is 1. The summed E-state index contributed by atoms with van der Waals surface area (Å²) in [7, 11) is 3.31. The van der Waals surface area contributed by atoms with Gasteiger partial charge in [0.25, 0.3) is 0 Å². The SMILES string of the molecule is COCCCNC(=O)[C@@H]1CCC(=O)N(C)[C@H]1c1ccc(F)cc1. The van der Waals surface area contributed by atoms with Crippen LogP contribution in [0.4, 0.5) is 4.39 Å². The number of nitrogens with zero attached hydrogens (tertiary/aromatic N) is 1. The van der Waals surface area contributed by atoms with E-state index in [9.17, 15) is 14.0 Å². The fraction of sp³-hybridized carbons (Fsp3) is 0.529. The van der Waals surface area contributed by atoms with Crippen molar-refractivity contribution in [2.45, 2.75) is 25.3 Å². The number of benzene rings is 1. The molecule has 1 aromatic rings. The zero-order chi connectivity index (χ0) is 16.8. The van der Waals surface area contributed by atoms with E-state index in [0.29, 0.717) is 26.0 Å². The molecule has 0 bridgehead atoms. The summed E-state index contributed by atoms with van der Waals surface area (Å²) in [5.74, 6) is -0.734. The van der Waals surface area contributed by atoms with E-state index >= 15 is 0 Å². The van der Waals surface area contributed by atoms with Crippen LogP contribution in [-0.2, 0) is 14.3 Å². The number of carbonyl (C=O) groups excluding carboxylic acids is 2. The zero-order valence-corrected chi connectivity index (χ0v) is 13.5. The van der Waals surface area contributed by atoms with Gasteiger partial charge < -0.3 is 15.0 Å². The van der Waals surface area contributed by atoms with Crippen LogP contribution in [0.3, 0.4) is 0 Å². The molecule has 1 fully saturated rings. The van der Waals surface area contributed by atoms with E-state index in [1.807, 2.05) is 0 Å². The van der Waals surface area contributed by atoms with Crippen molar-refractivity contribution in [2.24, 2.45) is 5.92 Å². The van der Waals surface area contributed by atoms with Crippen molar-refractivity contribution in [1.82, 2.24) is 10.2 Å². The summed E-state index contributed by atoms with van der Waals surface area (Å²) in [4.78, 5) is 26.1. The van der Waals surface area contributed by atoms with Gasteiger partial charge in [-0.15, -0.1) is 0 Å². The lowest BCUT2D eigenvalue weighted by molar-refractivity contribution is -0.141. The first kappa shape index (κ1) is 17.4. The van der Waals surface area contributed by atoms with Crippen LogP contribution in [0.15, 0.2) is 24.3 Å². The minimum absolute atomic E-state index is 0.00255. The van der Waals surface area contributed by atoms with E-state index in [1.54, 1.807) is 31.2 Å². The first-order valence-corrected chi connectivity index (χ1v) is 7.82. The summed E-state index contributed by atoms with van der Waals surface area (Å²) in [5.41, 5.74) is 0.777. The van der Waals surface area contributed by atoms with E-state index in [0.717, 1.165) is 12.0 Å². The first-order chi connectivity index (χ1) is 11.0. The minimum Gasteiger partial charge on any atom is -0.385 e. The van der Waals surface area contributed by atoms with Gasteiger partial charge in [-0.3, -0.25) is 9.59 Å². The highest BCUT2D eigenvalue weighted by molar-refractivity contribution is 5.84. The molecule has 0 aromatic heterocycles. The summed E-state index contributed by atoms with van der Waals surface area (Å²) in [6.45, 7) is 1.13. The summed E-state index contributed by atoms with van der Waals surface area (Å²) in [5, 5.41) is 2.90. The number of methoxy groups -OCH3 is 1. The normalized spacial score (nSPS) is 21.3. The fourth-order valence-electron chi connectivity index (χ4n) is 2.99. The molecule has 0 spiro atoms. The van der Waals surface area contributed by atoms with Crippen molar-refractivity contribution in [3.05, 3.63) is 35.6 Å². The average molecular weight is 322 g/mol. The Kier molecular flexibility index (Phi) is 6.10. The second-order valence-electron chi connectivity index (χ2n) is 5.78. The lowest BCUT2D eigenvalue weighted by atomic mass is 9.84. The Morgan fingerprint density at radius 1 is 1.39 bits per heavy atom. The topological polar surface area (TPSA) is 58.6 Å². The average Bonchev–Trinajstić information content (AvgIpc) is 2.55. The molecular formula is C17H23FN2O3. The fourth-order valence-corrected chi connectivity index (χ4v) is 2.99. The van der Waals surface area contributed by atoms with Gasteiger partial charge in [-0.05, 0) is 30.5 Å². The number of hydrogen-bond acceptors (Lipinski definition) is 3. The van der Waals surface area contributed by atoms with Crippen LogP contribution in [0.2, 0.25) is 0 Å². The Balaban J connectivity index is 2.13. The second-order valence-corrected chi connectivity index (χ2v) is 5.78. The Hall–Kier alpha value is -1.95. The summed E-state index contributed by atoms with van der Waals surface area (Å²) in [6.07, 6.45) is 1.59. The van der Waals surface area contributed by atoms with Gasteiger partial charge in [0.05, 0.1) is 12.0 Å². The molecule has 5 nitrogen and oxygen atoms in total. The molecule has 0 unspecified atom stereocenters. The molecule has 1 aromatic carbocycles. The summed E-state index contributed by atoms with van der Waals surface area (Å²) in [6, 6.07) is 5.63. The molecule has 2 atom stereocenters. The van der Waals surface area contributed by atoms with Gasteiger partial charge in [0.2, 0.25) is 11.8 Å². The third-order valence-electron chi connectivity index (χ3n) is 4.23. The van der Waals surface area contributed by atoms with Crippen LogP contribution in [-0.4, -0.2) is 44.0 Å². The molecule has 1 heterocycles. The van der Waals surface area contributed by atoms with Crippen LogP contribution in [0.25, 0.3) is 0 Å². The Morgan fingerprint density at radius 3 is 2.74 bits per heavy atom. The zero-order valence-electron chi connectivity index (χ0n) is 13.5. The predicted molar refractivity (Wildman–Crippen MR) is 84.1 cm³/mol. The molecule has 1 saturated heterocycles. The van der Waals surface area contributed by atoms with E-state index in [2.05, 4.69) is 5.32 Å². The lowest BCUT2D eigenvalue weighted by Gasteiger charge is -2.38. The molecule has 126 valence electrons. The van der Waals surface area contributed by atoms with Crippen LogP contribution in [0.1, 0.15) is 30.9 Å². The van der Waals surface area contributed by atoms with Gasteiger partial charge in [-0.1, -0.05) is 12.1 Å². The molecule has 1 aliphatic heterocycles. The molecule has 0 saturated carbocycles. The molecule has 2 amide bonds. The number of halogens is 1. The number of piperidine rings is 1. The third-order valence-corrected chi connectivity index (χ3v) is 4.23. The largest absolute Gasteiger partial charge is 0.385 e. The van der Waals surface area contributed by atoms with Gasteiger partial charge in [0.15, 0.2) is 0 Å². The van der Waals surface area contributed by atoms with Gasteiger partial charge in [-0.2, -0.15) is 0 Å². The number of ether oxygens (including phenoxy) is 1. The quantitative estimate of drug-likeness (QED) is 0.814. The summed E-state index contributed by atoms with van der Waals surface area (Å²) >= 11 is 0. The molecule has 2 rings (SSSR count). The molecule has 1 N–H and O–H groups in total. The van der Waals surface area contributed by atoms with Crippen molar-refractivity contribution in [3.63, 3.8) is 0 Å². The van der Waals surface area contributed by atoms with Crippen LogP contribution < -0.4 is 5.32 Å². The predicted octanol–water partition coefficient (Wildman–Crippen LogP) is 1.89. The highest BCUT2D eigenvalue weighted by Gasteiger charge is 2.38. The van der Waals surface area contributed by atoms with E-state index in [-0.39, 0.29) is 29.6 Å². The molecule has 6 heteroatoms. The number of carbonyl (C=O) groups is 2. The van der Waals surface area contributed by atoms with Gasteiger partial charge >= 0.3 is 0 Å². The third kappa shape index (κ3) is 4.28. The van der Waals surface area contributed by atoms with Gasteiger partial charge in [0.1, 0.15) is 5.82 Å². The molecule has 23 heavy (non-hydrogen) atoms. The van der Waals surface area contributed by atoms with Crippen molar-refractivity contribution in [3.8, 4) is 0 Å². The molecular weight excluding hydrogens is 299 g/mol.